The summed E-state index contributed by atoms with van der Waals surface area (Å²) in [6.45, 7) is 3.70. The number of nitrogens with zero attached hydrogens (tertiary/aromatic N) is 2. The van der Waals surface area contributed by atoms with E-state index in [1.807, 2.05) is 47.3 Å². The molecule has 4 nitrogen and oxygen atoms in total. The molecule has 2 aromatic rings. The molecule has 1 heterocycles. The lowest BCUT2D eigenvalue weighted by molar-refractivity contribution is 0.630. The van der Waals surface area contributed by atoms with Crippen LogP contribution in [0.25, 0.3) is 5.69 Å². The van der Waals surface area contributed by atoms with E-state index in [4.69, 9.17) is 5.84 Å². The van der Waals surface area contributed by atoms with Crippen LogP contribution >= 0.6 is 0 Å². The molecule has 1 atom stereocenters. The Labute approximate surface area is 94.4 Å². The van der Waals surface area contributed by atoms with Crippen LogP contribution in [-0.2, 0) is 0 Å². The van der Waals surface area contributed by atoms with Crippen LogP contribution in [0.2, 0.25) is 0 Å². The normalized spacial score (nSPS) is 12.3. The third-order valence-electron chi connectivity index (χ3n) is 2.36. The van der Waals surface area contributed by atoms with E-state index in [9.17, 15) is 0 Å². The van der Waals surface area contributed by atoms with Gasteiger partial charge in [0.25, 0.3) is 0 Å². The molecule has 82 valence electrons. The van der Waals surface area contributed by atoms with E-state index in [1.165, 1.54) is 0 Å². The van der Waals surface area contributed by atoms with Crippen molar-refractivity contribution < 1.29 is 0 Å². The summed E-state index contributed by atoms with van der Waals surface area (Å²) in [5.74, 6) is 5.39. The molecule has 0 amide bonds. The van der Waals surface area contributed by atoms with Gasteiger partial charge in [-0.1, -0.05) is 24.3 Å². The van der Waals surface area contributed by atoms with Gasteiger partial charge in [-0.15, -0.1) is 6.58 Å². The summed E-state index contributed by atoms with van der Waals surface area (Å²) < 4.78 is 1.81. The standard InChI is InChI=1S/C12H14N4/c1-2-11(14-13)12-8-9-16(15-12)10-6-4-3-5-7-10/h2-9,11,14H,1,13H2. The summed E-state index contributed by atoms with van der Waals surface area (Å²) in [7, 11) is 0. The average Bonchev–Trinajstić information content (AvgIpc) is 2.81. The number of hydrogen-bond acceptors (Lipinski definition) is 3. The molecule has 0 radical (unpaired) electrons. The van der Waals surface area contributed by atoms with Crippen molar-refractivity contribution in [2.75, 3.05) is 0 Å². The molecule has 16 heavy (non-hydrogen) atoms. The van der Waals surface area contributed by atoms with E-state index in [1.54, 1.807) is 6.08 Å². The molecule has 0 spiro atoms. The molecule has 0 aliphatic heterocycles. The van der Waals surface area contributed by atoms with Crippen molar-refractivity contribution in [2.24, 2.45) is 5.84 Å². The maximum atomic E-state index is 5.39. The number of hydrazine groups is 1. The predicted octanol–water partition coefficient (Wildman–Crippen LogP) is 1.56. The average molecular weight is 214 g/mol. The first-order valence-corrected chi connectivity index (χ1v) is 5.05. The van der Waals surface area contributed by atoms with Crippen LogP contribution in [-0.4, -0.2) is 9.78 Å². The summed E-state index contributed by atoms with van der Waals surface area (Å²) in [5, 5.41) is 4.43. The largest absolute Gasteiger partial charge is 0.271 e. The van der Waals surface area contributed by atoms with Gasteiger partial charge in [0.15, 0.2) is 0 Å². The number of aromatic nitrogens is 2. The Kier molecular flexibility index (Phi) is 3.14. The van der Waals surface area contributed by atoms with E-state index >= 15 is 0 Å². The molecule has 0 saturated carbocycles. The maximum Gasteiger partial charge on any atom is 0.0850 e. The predicted molar refractivity (Wildman–Crippen MR) is 63.8 cm³/mol. The number of para-hydroxylation sites is 1. The van der Waals surface area contributed by atoms with E-state index < -0.39 is 0 Å². The fraction of sp³-hybridized carbons (Fsp3) is 0.0833. The molecule has 0 saturated heterocycles. The smallest absolute Gasteiger partial charge is 0.0850 e. The third-order valence-corrected chi connectivity index (χ3v) is 2.36. The van der Waals surface area contributed by atoms with Crippen LogP contribution in [0.1, 0.15) is 11.7 Å². The Hall–Kier alpha value is -1.91. The Balaban J connectivity index is 2.29. The molecule has 1 aromatic heterocycles. The molecular weight excluding hydrogens is 200 g/mol. The monoisotopic (exact) mass is 214 g/mol. The van der Waals surface area contributed by atoms with Gasteiger partial charge in [-0.2, -0.15) is 5.10 Å². The van der Waals surface area contributed by atoms with Gasteiger partial charge < -0.3 is 0 Å². The molecule has 0 aliphatic rings. The van der Waals surface area contributed by atoms with Crippen molar-refractivity contribution in [3.8, 4) is 5.69 Å². The van der Waals surface area contributed by atoms with Gasteiger partial charge in [-0.25, -0.2) is 10.1 Å². The molecule has 0 bridgehead atoms. The summed E-state index contributed by atoms with van der Waals surface area (Å²) in [6, 6.07) is 11.7. The lowest BCUT2D eigenvalue weighted by Gasteiger charge is -2.06. The van der Waals surface area contributed by atoms with E-state index in [0.29, 0.717) is 0 Å². The van der Waals surface area contributed by atoms with E-state index in [2.05, 4.69) is 17.1 Å². The van der Waals surface area contributed by atoms with Gasteiger partial charge in [0.1, 0.15) is 0 Å². The number of rotatable bonds is 4. The quantitative estimate of drug-likeness (QED) is 0.461. The number of nitrogens with one attached hydrogen (secondary N) is 1. The van der Waals surface area contributed by atoms with Crippen molar-refractivity contribution in [1.82, 2.24) is 15.2 Å². The Morgan fingerprint density at radius 3 is 2.69 bits per heavy atom. The van der Waals surface area contributed by atoms with Gasteiger partial charge in [0.05, 0.1) is 17.4 Å². The van der Waals surface area contributed by atoms with Crippen LogP contribution in [0.3, 0.4) is 0 Å². The van der Waals surface area contributed by atoms with Crippen LogP contribution in [0.5, 0.6) is 0 Å². The fourth-order valence-corrected chi connectivity index (χ4v) is 1.50. The van der Waals surface area contributed by atoms with Gasteiger partial charge in [0, 0.05) is 6.20 Å². The number of hydrogen-bond donors (Lipinski definition) is 2. The molecule has 0 fully saturated rings. The second-order valence-electron chi connectivity index (χ2n) is 3.40. The molecule has 1 aromatic carbocycles. The van der Waals surface area contributed by atoms with Crippen LogP contribution in [0, 0.1) is 0 Å². The zero-order chi connectivity index (χ0) is 11.4. The number of benzene rings is 1. The lowest BCUT2D eigenvalue weighted by atomic mass is 10.2. The highest BCUT2D eigenvalue weighted by Gasteiger charge is 2.08. The Morgan fingerprint density at radius 1 is 1.31 bits per heavy atom. The second-order valence-corrected chi connectivity index (χ2v) is 3.40. The summed E-state index contributed by atoms with van der Waals surface area (Å²) >= 11 is 0. The first kappa shape index (κ1) is 10.6. The molecule has 0 aliphatic carbocycles. The minimum Gasteiger partial charge on any atom is -0.271 e. The molecule has 4 heteroatoms. The molecule has 2 rings (SSSR count). The van der Waals surface area contributed by atoms with E-state index in [0.717, 1.165) is 11.4 Å². The molecule has 3 N–H and O–H groups in total. The minimum atomic E-state index is -0.120. The lowest BCUT2D eigenvalue weighted by Crippen LogP contribution is -2.26. The fourth-order valence-electron chi connectivity index (χ4n) is 1.50. The van der Waals surface area contributed by atoms with Gasteiger partial charge >= 0.3 is 0 Å². The minimum absolute atomic E-state index is 0.120. The molecule has 1 unspecified atom stereocenters. The molecular formula is C12H14N4. The maximum absolute atomic E-state index is 5.39. The highest BCUT2D eigenvalue weighted by atomic mass is 15.3. The Bertz CT molecular complexity index is 461. The topological polar surface area (TPSA) is 55.9 Å². The van der Waals surface area contributed by atoms with Crippen LogP contribution < -0.4 is 11.3 Å². The Morgan fingerprint density at radius 2 is 2.06 bits per heavy atom. The van der Waals surface area contributed by atoms with Crippen molar-refractivity contribution in [1.29, 1.82) is 0 Å². The van der Waals surface area contributed by atoms with Crippen molar-refractivity contribution >= 4 is 0 Å². The summed E-state index contributed by atoms with van der Waals surface area (Å²) in [6.07, 6.45) is 3.62. The van der Waals surface area contributed by atoms with E-state index in [-0.39, 0.29) is 6.04 Å². The van der Waals surface area contributed by atoms with Gasteiger partial charge in [-0.3, -0.25) is 5.84 Å². The number of nitrogens with two attached hydrogens (primary N) is 1. The second kappa shape index (κ2) is 4.74. The highest BCUT2D eigenvalue weighted by Crippen LogP contribution is 2.12. The van der Waals surface area contributed by atoms with Crippen molar-refractivity contribution in [3.05, 3.63) is 60.9 Å². The van der Waals surface area contributed by atoms with Crippen LogP contribution in [0.4, 0.5) is 0 Å². The SMILES string of the molecule is C=CC(NN)c1ccn(-c2ccccc2)n1. The summed E-state index contributed by atoms with van der Waals surface area (Å²) in [5.41, 5.74) is 4.51. The van der Waals surface area contributed by atoms with Crippen LogP contribution in [0.15, 0.2) is 55.3 Å². The highest BCUT2D eigenvalue weighted by molar-refractivity contribution is 5.31. The third kappa shape index (κ3) is 2.03. The zero-order valence-electron chi connectivity index (χ0n) is 8.88. The van der Waals surface area contributed by atoms with Crippen molar-refractivity contribution in [3.63, 3.8) is 0 Å². The van der Waals surface area contributed by atoms with Gasteiger partial charge in [-0.05, 0) is 18.2 Å². The summed E-state index contributed by atoms with van der Waals surface area (Å²) in [4.78, 5) is 0. The zero-order valence-corrected chi connectivity index (χ0v) is 8.88. The first-order valence-electron chi connectivity index (χ1n) is 5.05. The first-order chi connectivity index (χ1) is 7.85. The van der Waals surface area contributed by atoms with Gasteiger partial charge in [0.2, 0.25) is 0 Å². The van der Waals surface area contributed by atoms with Crippen molar-refractivity contribution in [2.45, 2.75) is 6.04 Å².